The van der Waals surface area contributed by atoms with Crippen molar-refractivity contribution in [2.24, 2.45) is 0 Å². The molecule has 2 N–H and O–H groups in total. The van der Waals surface area contributed by atoms with E-state index in [1.54, 1.807) is 23.6 Å². The average Bonchev–Trinajstić information content (AvgIpc) is 3.13. The molecule has 0 saturated carbocycles. The summed E-state index contributed by atoms with van der Waals surface area (Å²) < 4.78 is 5.20. The summed E-state index contributed by atoms with van der Waals surface area (Å²) in [5.74, 6) is -0.0199. The molecule has 3 rings (SSSR count). The SMILES string of the molecule is COc1ccc(NC(C)=O)c(NC(=O)c2csc(-c3ccc(C)cc3)n2)c1. The van der Waals surface area contributed by atoms with Crippen LogP contribution in [0.15, 0.2) is 47.8 Å². The fourth-order valence-corrected chi connectivity index (χ4v) is 3.25. The zero-order chi connectivity index (χ0) is 19.4. The normalized spacial score (nSPS) is 10.3. The largest absolute Gasteiger partial charge is 0.497 e. The lowest BCUT2D eigenvalue weighted by Gasteiger charge is -2.12. The Balaban J connectivity index is 1.83. The van der Waals surface area contributed by atoms with Gasteiger partial charge in [-0.05, 0) is 19.1 Å². The van der Waals surface area contributed by atoms with Gasteiger partial charge < -0.3 is 15.4 Å². The Kier molecular flexibility index (Phi) is 5.52. The Bertz CT molecular complexity index is 980. The van der Waals surface area contributed by atoms with Crippen molar-refractivity contribution in [3.05, 3.63) is 59.1 Å². The number of nitrogens with zero attached hydrogens (tertiary/aromatic N) is 1. The zero-order valence-corrected chi connectivity index (χ0v) is 16.0. The first kappa shape index (κ1) is 18.6. The van der Waals surface area contributed by atoms with Crippen LogP contribution in [0, 0.1) is 6.92 Å². The molecule has 138 valence electrons. The first-order valence-electron chi connectivity index (χ1n) is 8.26. The number of rotatable bonds is 5. The molecule has 6 nitrogen and oxygen atoms in total. The standard InChI is InChI=1S/C20H19N3O3S/c1-12-4-6-14(7-5-12)20-23-18(11-27-20)19(25)22-17-10-15(26-3)8-9-16(17)21-13(2)24/h4-11H,1-3H3,(H,21,24)(H,22,25). The highest BCUT2D eigenvalue weighted by molar-refractivity contribution is 7.13. The predicted molar refractivity (Wildman–Crippen MR) is 108 cm³/mol. The number of amides is 2. The first-order valence-corrected chi connectivity index (χ1v) is 9.14. The summed E-state index contributed by atoms with van der Waals surface area (Å²) in [5, 5.41) is 7.96. The molecular formula is C20H19N3O3S. The highest BCUT2D eigenvalue weighted by Gasteiger charge is 2.15. The third-order valence-electron chi connectivity index (χ3n) is 3.82. The fraction of sp³-hybridized carbons (Fsp3) is 0.150. The zero-order valence-electron chi connectivity index (χ0n) is 15.2. The number of aromatic nitrogens is 1. The van der Waals surface area contributed by atoms with E-state index >= 15 is 0 Å². The smallest absolute Gasteiger partial charge is 0.275 e. The van der Waals surface area contributed by atoms with E-state index in [2.05, 4.69) is 15.6 Å². The Hall–Kier alpha value is -3.19. The number of nitrogens with one attached hydrogen (secondary N) is 2. The van der Waals surface area contributed by atoms with E-state index in [9.17, 15) is 9.59 Å². The van der Waals surface area contributed by atoms with E-state index in [4.69, 9.17) is 4.74 Å². The minimum atomic E-state index is -0.357. The van der Waals surface area contributed by atoms with Gasteiger partial charge in [0, 0.05) is 23.9 Å². The molecular weight excluding hydrogens is 362 g/mol. The molecule has 0 aliphatic carbocycles. The average molecular weight is 381 g/mol. The predicted octanol–water partition coefficient (Wildman–Crippen LogP) is 4.34. The minimum absolute atomic E-state index is 0.231. The molecule has 3 aromatic rings. The number of benzene rings is 2. The molecule has 0 aliphatic heterocycles. The topological polar surface area (TPSA) is 80.3 Å². The van der Waals surface area contributed by atoms with Crippen LogP contribution in [0.2, 0.25) is 0 Å². The van der Waals surface area contributed by atoms with Crippen LogP contribution in [-0.2, 0) is 4.79 Å². The lowest BCUT2D eigenvalue weighted by molar-refractivity contribution is -0.114. The van der Waals surface area contributed by atoms with Crippen LogP contribution >= 0.6 is 11.3 Å². The van der Waals surface area contributed by atoms with Crippen LogP contribution in [0.4, 0.5) is 11.4 Å². The van der Waals surface area contributed by atoms with E-state index in [1.165, 1.54) is 25.4 Å². The molecule has 1 aromatic heterocycles. The number of aryl methyl sites for hydroxylation is 1. The van der Waals surface area contributed by atoms with Crippen LogP contribution in [-0.4, -0.2) is 23.9 Å². The number of carbonyl (C=O) groups is 2. The number of ether oxygens (including phenoxy) is 1. The van der Waals surface area contributed by atoms with Crippen molar-refractivity contribution in [2.45, 2.75) is 13.8 Å². The summed E-state index contributed by atoms with van der Waals surface area (Å²) >= 11 is 1.40. The van der Waals surface area contributed by atoms with Gasteiger partial charge in [-0.1, -0.05) is 29.8 Å². The Labute approximate surface area is 161 Å². The number of hydrogen-bond acceptors (Lipinski definition) is 5. The molecule has 1 heterocycles. The molecule has 0 aliphatic rings. The van der Waals surface area contributed by atoms with E-state index in [0.717, 1.165) is 16.1 Å². The summed E-state index contributed by atoms with van der Waals surface area (Å²) in [6, 6.07) is 13.0. The minimum Gasteiger partial charge on any atom is -0.497 e. The monoisotopic (exact) mass is 381 g/mol. The molecule has 0 spiro atoms. The van der Waals surface area contributed by atoms with Gasteiger partial charge in [0.1, 0.15) is 16.5 Å². The van der Waals surface area contributed by atoms with Crippen LogP contribution in [0.25, 0.3) is 10.6 Å². The van der Waals surface area contributed by atoms with Gasteiger partial charge in [0.15, 0.2) is 0 Å². The summed E-state index contributed by atoms with van der Waals surface area (Å²) in [6.45, 7) is 3.43. The highest BCUT2D eigenvalue weighted by Crippen LogP contribution is 2.29. The van der Waals surface area contributed by atoms with Gasteiger partial charge in [0.25, 0.3) is 5.91 Å². The molecule has 0 fully saturated rings. The molecule has 2 amide bonds. The maximum absolute atomic E-state index is 12.6. The number of thiazole rings is 1. The maximum Gasteiger partial charge on any atom is 0.275 e. The van der Waals surface area contributed by atoms with Gasteiger partial charge in [0.05, 0.1) is 18.5 Å². The third kappa shape index (κ3) is 4.51. The summed E-state index contributed by atoms with van der Waals surface area (Å²) in [4.78, 5) is 28.5. The van der Waals surface area contributed by atoms with Crippen molar-refractivity contribution in [2.75, 3.05) is 17.7 Å². The van der Waals surface area contributed by atoms with E-state index in [0.29, 0.717) is 22.8 Å². The molecule has 7 heteroatoms. The molecule has 27 heavy (non-hydrogen) atoms. The molecule has 2 aromatic carbocycles. The molecule has 0 radical (unpaired) electrons. The second kappa shape index (κ2) is 8.01. The second-order valence-electron chi connectivity index (χ2n) is 5.95. The summed E-state index contributed by atoms with van der Waals surface area (Å²) in [7, 11) is 1.54. The fourth-order valence-electron chi connectivity index (χ4n) is 2.45. The Morgan fingerprint density at radius 2 is 1.78 bits per heavy atom. The lowest BCUT2D eigenvalue weighted by atomic mass is 10.2. The lowest BCUT2D eigenvalue weighted by Crippen LogP contribution is -2.15. The van der Waals surface area contributed by atoms with Gasteiger partial charge in [-0.3, -0.25) is 9.59 Å². The van der Waals surface area contributed by atoms with Gasteiger partial charge in [-0.15, -0.1) is 11.3 Å². The van der Waals surface area contributed by atoms with Crippen molar-refractivity contribution in [3.63, 3.8) is 0 Å². The van der Waals surface area contributed by atoms with Gasteiger partial charge in [0.2, 0.25) is 5.91 Å². The first-order chi connectivity index (χ1) is 13.0. The Morgan fingerprint density at radius 1 is 1.04 bits per heavy atom. The van der Waals surface area contributed by atoms with Crippen molar-refractivity contribution in [1.29, 1.82) is 0 Å². The van der Waals surface area contributed by atoms with Crippen molar-refractivity contribution in [1.82, 2.24) is 4.98 Å². The van der Waals surface area contributed by atoms with E-state index < -0.39 is 0 Å². The van der Waals surface area contributed by atoms with Gasteiger partial charge in [-0.25, -0.2) is 4.98 Å². The number of carbonyl (C=O) groups excluding carboxylic acids is 2. The van der Waals surface area contributed by atoms with Crippen LogP contribution in [0.1, 0.15) is 23.0 Å². The van der Waals surface area contributed by atoms with Crippen LogP contribution in [0.3, 0.4) is 0 Å². The van der Waals surface area contributed by atoms with E-state index in [-0.39, 0.29) is 11.8 Å². The molecule has 0 atom stereocenters. The summed E-state index contributed by atoms with van der Waals surface area (Å²) in [6.07, 6.45) is 0. The van der Waals surface area contributed by atoms with E-state index in [1.807, 2.05) is 31.2 Å². The van der Waals surface area contributed by atoms with Gasteiger partial charge >= 0.3 is 0 Å². The van der Waals surface area contributed by atoms with Crippen molar-refractivity contribution < 1.29 is 14.3 Å². The molecule has 0 unspecified atom stereocenters. The van der Waals surface area contributed by atoms with Crippen LogP contribution in [0.5, 0.6) is 5.75 Å². The maximum atomic E-state index is 12.6. The van der Waals surface area contributed by atoms with Crippen LogP contribution < -0.4 is 15.4 Å². The van der Waals surface area contributed by atoms with Crippen molar-refractivity contribution in [3.8, 4) is 16.3 Å². The Morgan fingerprint density at radius 3 is 2.44 bits per heavy atom. The molecule has 0 bridgehead atoms. The molecule has 0 saturated heterocycles. The number of methoxy groups -OCH3 is 1. The van der Waals surface area contributed by atoms with Gasteiger partial charge in [-0.2, -0.15) is 0 Å². The number of anilines is 2. The summed E-state index contributed by atoms with van der Waals surface area (Å²) in [5.41, 5.74) is 3.37. The van der Waals surface area contributed by atoms with Crippen molar-refractivity contribution >= 4 is 34.5 Å². The second-order valence-corrected chi connectivity index (χ2v) is 6.81. The highest BCUT2D eigenvalue weighted by atomic mass is 32.1. The number of hydrogen-bond donors (Lipinski definition) is 2. The quantitative estimate of drug-likeness (QED) is 0.689. The third-order valence-corrected chi connectivity index (χ3v) is 4.71.